The number of thiophene rings is 1. The fraction of sp³-hybridized carbons (Fsp3) is 0.304. The Morgan fingerprint density at radius 1 is 1.29 bits per heavy atom. The lowest BCUT2D eigenvalue weighted by atomic mass is 10.2. The molecule has 3 heterocycles. The minimum atomic E-state index is -0.814. The zero-order valence-electron chi connectivity index (χ0n) is 18.8. The van der Waals surface area contributed by atoms with Gasteiger partial charge in [0.05, 0.1) is 6.61 Å². The summed E-state index contributed by atoms with van der Waals surface area (Å²) in [5.74, 6) is 1.08. The second-order valence-electron chi connectivity index (χ2n) is 7.55. The summed E-state index contributed by atoms with van der Waals surface area (Å²) in [6.45, 7) is 1.25. The Kier molecular flexibility index (Phi) is 7.53. The first kappa shape index (κ1) is 23.8. The van der Waals surface area contributed by atoms with Crippen LogP contribution in [0.1, 0.15) is 27.8 Å². The number of hydrogen-bond acceptors (Lipinski definition) is 9. The summed E-state index contributed by atoms with van der Waals surface area (Å²) < 4.78 is 11.2. The molecule has 11 heteroatoms. The van der Waals surface area contributed by atoms with E-state index in [0.29, 0.717) is 41.8 Å². The number of benzene rings is 1. The first-order chi connectivity index (χ1) is 16.5. The van der Waals surface area contributed by atoms with Gasteiger partial charge in [0.1, 0.15) is 23.2 Å². The molecule has 9 nitrogen and oxygen atoms in total. The van der Waals surface area contributed by atoms with Crippen molar-refractivity contribution in [2.75, 3.05) is 42.8 Å². The van der Waals surface area contributed by atoms with E-state index in [-0.39, 0.29) is 18.6 Å². The van der Waals surface area contributed by atoms with E-state index in [0.717, 1.165) is 10.6 Å². The van der Waals surface area contributed by atoms with Crippen molar-refractivity contribution < 1.29 is 19.1 Å². The number of carbonyl (C=O) groups excluding carboxylic acids is 2. The third kappa shape index (κ3) is 5.42. The van der Waals surface area contributed by atoms with Crippen molar-refractivity contribution in [1.82, 2.24) is 9.97 Å². The number of thioether (sulfide) groups is 1. The van der Waals surface area contributed by atoms with Gasteiger partial charge in [-0.25, -0.2) is 14.8 Å². The van der Waals surface area contributed by atoms with Gasteiger partial charge >= 0.3 is 6.09 Å². The Balaban J connectivity index is 1.57. The lowest BCUT2D eigenvalue weighted by Crippen LogP contribution is -2.33. The van der Waals surface area contributed by atoms with Crippen molar-refractivity contribution in [1.29, 1.82) is 0 Å². The lowest BCUT2D eigenvalue weighted by Gasteiger charge is -2.23. The number of nitrogens with zero attached hydrogens (tertiary/aromatic N) is 4. The fourth-order valence-electron chi connectivity index (χ4n) is 3.64. The number of fused-ring (bicyclic) bond motifs is 1. The maximum Gasteiger partial charge on any atom is 0.404 e. The van der Waals surface area contributed by atoms with Gasteiger partial charge in [-0.3, -0.25) is 4.79 Å². The molecule has 178 valence electrons. The third-order valence-corrected chi connectivity index (χ3v) is 6.84. The molecule has 0 radical (unpaired) electrons. The molecule has 3 aromatic rings. The number of carbonyl (C=O) groups is 2. The van der Waals surface area contributed by atoms with E-state index >= 15 is 0 Å². The molecular formula is C23H25N5O4S2. The monoisotopic (exact) mass is 499 g/mol. The van der Waals surface area contributed by atoms with Crippen LogP contribution in [0.3, 0.4) is 0 Å². The highest BCUT2D eigenvalue weighted by atomic mass is 32.2. The molecule has 1 aliphatic rings. The van der Waals surface area contributed by atoms with Crippen LogP contribution in [0.25, 0.3) is 0 Å². The number of amides is 2. The lowest BCUT2D eigenvalue weighted by molar-refractivity contribution is 0.0989. The summed E-state index contributed by atoms with van der Waals surface area (Å²) in [7, 11) is 1.92. The van der Waals surface area contributed by atoms with Crippen LogP contribution in [-0.2, 0) is 4.74 Å². The van der Waals surface area contributed by atoms with Crippen molar-refractivity contribution in [2.45, 2.75) is 17.7 Å². The number of aromatic nitrogens is 2. The third-order valence-electron chi connectivity index (χ3n) is 5.32. The fourth-order valence-corrected chi connectivity index (χ4v) is 4.76. The zero-order valence-corrected chi connectivity index (χ0v) is 20.5. The second kappa shape index (κ2) is 10.7. The average Bonchev–Trinajstić information content (AvgIpc) is 3.34. The van der Waals surface area contributed by atoms with E-state index in [1.807, 2.05) is 60.0 Å². The molecule has 34 heavy (non-hydrogen) atoms. The van der Waals surface area contributed by atoms with Gasteiger partial charge in [-0.15, -0.1) is 11.3 Å². The van der Waals surface area contributed by atoms with Crippen LogP contribution in [0, 0.1) is 0 Å². The Morgan fingerprint density at radius 2 is 2.15 bits per heavy atom. The van der Waals surface area contributed by atoms with Crippen molar-refractivity contribution in [3.8, 4) is 5.75 Å². The summed E-state index contributed by atoms with van der Waals surface area (Å²) >= 11 is 3.00. The standard InChI is InChI=1S/C23H25N5O4S2/c1-27-9-10-28(21(29)17-14-25-23(33-2)26-20(17)27)15-5-3-6-16(13-15)32-18(8-11-31-22(24)30)19-7-4-12-34-19/h3-7,12-14,18H,8-11H2,1-2H3,(H2,24,30). The highest BCUT2D eigenvalue weighted by Crippen LogP contribution is 2.32. The van der Waals surface area contributed by atoms with Gasteiger partial charge in [0, 0.05) is 49.4 Å². The number of anilines is 2. The number of nitrogens with two attached hydrogens (primary N) is 1. The van der Waals surface area contributed by atoms with Crippen molar-refractivity contribution >= 4 is 46.6 Å². The Morgan fingerprint density at radius 3 is 2.88 bits per heavy atom. The highest BCUT2D eigenvalue weighted by molar-refractivity contribution is 7.98. The SMILES string of the molecule is CSc1ncc2c(n1)N(C)CCN(c1cccc(OC(CCOC(N)=O)c3cccs3)c1)C2=O. The zero-order chi connectivity index (χ0) is 24.1. The van der Waals surface area contributed by atoms with Crippen molar-refractivity contribution in [3.63, 3.8) is 0 Å². The van der Waals surface area contributed by atoms with Gasteiger partial charge in [-0.1, -0.05) is 23.9 Å². The molecule has 0 saturated heterocycles. The number of likely N-dealkylation sites (N-methyl/N-ethyl adjacent to an activating group) is 1. The molecule has 1 aliphatic heterocycles. The maximum absolute atomic E-state index is 13.4. The smallest absolute Gasteiger partial charge is 0.404 e. The minimum Gasteiger partial charge on any atom is -0.485 e. The largest absolute Gasteiger partial charge is 0.485 e. The Hall–Kier alpha value is -3.31. The van der Waals surface area contributed by atoms with Crippen LogP contribution < -0.4 is 20.3 Å². The van der Waals surface area contributed by atoms with Crippen LogP contribution >= 0.6 is 23.1 Å². The van der Waals surface area contributed by atoms with E-state index in [1.165, 1.54) is 11.8 Å². The van der Waals surface area contributed by atoms with E-state index in [9.17, 15) is 9.59 Å². The molecular weight excluding hydrogens is 474 g/mol. The summed E-state index contributed by atoms with van der Waals surface area (Å²) in [4.78, 5) is 37.9. The first-order valence-corrected chi connectivity index (χ1v) is 12.7. The molecule has 4 rings (SSSR count). The summed E-state index contributed by atoms with van der Waals surface area (Å²) in [5, 5.41) is 2.59. The predicted octanol–water partition coefficient (Wildman–Crippen LogP) is 3.96. The number of rotatable bonds is 8. The highest BCUT2D eigenvalue weighted by Gasteiger charge is 2.28. The summed E-state index contributed by atoms with van der Waals surface area (Å²) in [5.41, 5.74) is 6.27. The van der Waals surface area contributed by atoms with Crippen LogP contribution in [0.5, 0.6) is 5.75 Å². The first-order valence-electron chi connectivity index (χ1n) is 10.6. The molecule has 1 aromatic carbocycles. The topological polar surface area (TPSA) is 111 Å². The minimum absolute atomic E-state index is 0.142. The molecule has 2 N–H and O–H groups in total. The van der Waals surface area contributed by atoms with Crippen LogP contribution in [0.15, 0.2) is 53.1 Å². The number of primary amides is 1. The molecule has 0 fully saturated rings. The van der Waals surface area contributed by atoms with Crippen LogP contribution in [-0.4, -0.2) is 55.0 Å². The van der Waals surface area contributed by atoms with Gasteiger partial charge < -0.3 is 25.0 Å². The van der Waals surface area contributed by atoms with Gasteiger partial charge in [0.2, 0.25) is 0 Å². The Labute approximate surface area is 205 Å². The van der Waals surface area contributed by atoms with Crippen LogP contribution in [0.4, 0.5) is 16.3 Å². The maximum atomic E-state index is 13.4. The summed E-state index contributed by atoms with van der Waals surface area (Å²) in [6.07, 6.45) is 2.81. The Bertz CT molecular complexity index is 1160. The second-order valence-corrected chi connectivity index (χ2v) is 9.30. The van der Waals surface area contributed by atoms with E-state index in [2.05, 4.69) is 9.97 Å². The molecule has 0 bridgehead atoms. The quantitative estimate of drug-likeness (QED) is 0.366. The van der Waals surface area contributed by atoms with Gasteiger partial charge in [-0.2, -0.15) is 0 Å². The van der Waals surface area contributed by atoms with Gasteiger partial charge in [0.25, 0.3) is 5.91 Å². The van der Waals surface area contributed by atoms with E-state index in [1.54, 1.807) is 22.4 Å². The predicted molar refractivity (Wildman–Crippen MR) is 133 cm³/mol. The molecule has 2 aromatic heterocycles. The summed E-state index contributed by atoms with van der Waals surface area (Å²) in [6, 6.07) is 11.3. The van der Waals surface area contributed by atoms with E-state index < -0.39 is 6.09 Å². The normalized spacial score (nSPS) is 14.4. The van der Waals surface area contributed by atoms with Gasteiger partial charge in [-0.05, 0) is 29.8 Å². The van der Waals surface area contributed by atoms with Gasteiger partial charge in [0.15, 0.2) is 5.16 Å². The molecule has 1 atom stereocenters. The number of hydrogen-bond donors (Lipinski definition) is 1. The molecule has 0 spiro atoms. The van der Waals surface area contributed by atoms with Crippen LogP contribution in [0.2, 0.25) is 0 Å². The number of ether oxygens (including phenoxy) is 2. The molecule has 2 amide bonds. The van der Waals surface area contributed by atoms with E-state index in [4.69, 9.17) is 15.2 Å². The van der Waals surface area contributed by atoms with Crippen molar-refractivity contribution in [3.05, 3.63) is 58.4 Å². The molecule has 1 unspecified atom stereocenters. The van der Waals surface area contributed by atoms with Crippen molar-refractivity contribution in [2.24, 2.45) is 5.73 Å². The molecule has 0 saturated carbocycles. The molecule has 0 aliphatic carbocycles. The average molecular weight is 500 g/mol.